The van der Waals surface area contributed by atoms with Crippen LogP contribution in [0, 0.1) is 5.92 Å². The minimum absolute atomic E-state index is 0.838. The van der Waals surface area contributed by atoms with Gasteiger partial charge in [-0.3, -0.25) is 0 Å². The fourth-order valence-corrected chi connectivity index (χ4v) is 2.77. The van der Waals surface area contributed by atoms with Gasteiger partial charge >= 0.3 is 0 Å². The van der Waals surface area contributed by atoms with Gasteiger partial charge in [-0.1, -0.05) is 12.1 Å². The van der Waals surface area contributed by atoms with E-state index in [1.54, 1.807) is 11.8 Å². The molecule has 2 rings (SSSR count). The van der Waals surface area contributed by atoms with Crippen molar-refractivity contribution in [2.24, 2.45) is 5.92 Å². The van der Waals surface area contributed by atoms with Crippen LogP contribution in [0.1, 0.15) is 12.0 Å². The molecule has 94 valence electrons. The maximum absolute atomic E-state index is 3.57. The predicted molar refractivity (Wildman–Crippen MR) is 75.5 cm³/mol. The van der Waals surface area contributed by atoms with E-state index in [-0.39, 0.29) is 0 Å². The first-order chi connectivity index (χ1) is 8.28. The lowest BCUT2D eigenvalue weighted by Crippen LogP contribution is -2.24. The third-order valence-electron chi connectivity index (χ3n) is 3.41. The molecule has 1 aromatic carbocycles. The van der Waals surface area contributed by atoms with Gasteiger partial charge in [0.05, 0.1) is 0 Å². The molecule has 0 aromatic heterocycles. The fourth-order valence-electron chi connectivity index (χ4n) is 2.36. The van der Waals surface area contributed by atoms with Crippen LogP contribution in [0.2, 0.25) is 0 Å². The average Bonchev–Trinajstić information content (AvgIpc) is 2.76. The van der Waals surface area contributed by atoms with Gasteiger partial charge in [0.15, 0.2) is 0 Å². The van der Waals surface area contributed by atoms with E-state index in [2.05, 4.69) is 47.8 Å². The molecule has 3 heteroatoms. The lowest BCUT2D eigenvalue weighted by atomic mass is 10.1. The van der Waals surface area contributed by atoms with E-state index >= 15 is 0 Å². The summed E-state index contributed by atoms with van der Waals surface area (Å²) < 4.78 is 0. The minimum Gasteiger partial charge on any atom is -0.312 e. The molecule has 1 heterocycles. The largest absolute Gasteiger partial charge is 0.312 e. The lowest BCUT2D eigenvalue weighted by molar-refractivity contribution is 0.388. The van der Waals surface area contributed by atoms with Gasteiger partial charge < -0.3 is 10.2 Å². The second-order valence-electron chi connectivity index (χ2n) is 4.90. The Labute approximate surface area is 109 Å². The fraction of sp³-hybridized carbons (Fsp3) is 0.571. The molecule has 0 bridgehead atoms. The number of rotatable bonds is 5. The quantitative estimate of drug-likeness (QED) is 0.808. The standard InChI is InChI=1S/C14H22N2S/c1-16-8-7-13(11-16)10-15-9-12-3-5-14(17-2)6-4-12/h3-6,13,15H,7-11H2,1-2H3. The van der Waals surface area contributed by atoms with E-state index in [1.807, 2.05) is 0 Å². The zero-order valence-corrected chi connectivity index (χ0v) is 11.6. The predicted octanol–water partition coefficient (Wildman–Crippen LogP) is 2.45. The summed E-state index contributed by atoms with van der Waals surface area (Å²) in [7, 11) is 2.21. The molecule has 1 unspecified atom stereocenters. The molecule has 1 atom stereocenters. The van der Waals surface area contributed by atoms with Crippen LogP contribution in [-0.2, 0) is 6.54 Å². The van der Waals surface area contributed by atoms with Crippen molar-refractivity contribution in [1.29, 1.82) is 0 Å². The number of benzene rings is 1. The van der Waals surface area contributed by atoms with Gasteiger partial charge in [0, 0.05) is 18.0 Å². The van der Waals surface area contributed by atoms with Crippen molar-refractivity contribution >= 4 is 11.8 Å². The zero-order chi connectivity index (χ0) is 12.1. The van der Waals surface area contributed by atoms with E-state index in [9.17, 15) is 0 Å². The van der Waals surface area contributed by atoms with Gasteiger partial charge in [0.25, 0.3) is 0 Å². The summed E-state index contributed by atoms with van der Waals surface area (Å²) in [5, 5.41) is 3.57. The SMILES string of the molecule is CSc1ccc(CNCC2CCN(C)C2)cc1. The molecule has 1 aliphatic rings. The van der Waals surface area contributed by atoms with Gasteiger partial charge in [-0.05, 0) is 56.4 Å². The monoisotopic (exact) mass is 250 g/mol. The molecule has 1 saturated heterocycles. The average molecular weight is 250 g/mol. The number of thioether (sulfide) groups is 1. The maximum atomic E-state index is 3.57. The van der Waals surface area contributed by atoms with Gasteiger partial charge in [0.2, 0.25) is 0 Å². The van der Waals surface area contributed by atoms with Crippen molar-refractivity contribution in [3.8, 4) is 0 Å². The van der Waals surface area contributed by atoms with Crippen molar-refractivity contribution in [1.82, 2.24) is 10.2 Å². The summed E-state index contributed by atoms with van der Waals surface area (Å²) in [5.41, 5.74) is 1.38. The Morgan fingerprint density at radius 3 is 2.71 bits per heavy atom. The second-order valence-corrected chi connectivity index (χ2v) is 5.78. The summed E-state index contributed by atoms with van der Waals surface area (Å²) in [6.07, 6.45) is 3.46. The van der Waals surface area contributed by atoms with Crippen LogP contribution in [0.3, 0.4) is 0 Å². The molecule has 0 aliphatic carbocycles. The van der Waals surface area contributed by atoms with Crippen molar-refractivity contribution < 1.29 is 0 Å². The Kier molecular flexibility index (Phi) is 4.89. The van der Waals surface area contributed by atoms with Crippen LogP contribution in [0.4, 0.5) is 0 Å². The highest BCUT2D eigenvalue weighted by molar-refractivity contribution is 7.98. The molecular weight excluding hydrogens is 228 g/mol. The van der Waals surface area contributed by atoms with Crippen molar-refractivity contribution in [3.63, 3.8) is 0 Å². The minimum atomic E-state index is 0.838. The van der Waals surface area contributed by atoms with Crippen LogP contribution in [-0.4, -0.2) is 37.8 Å². The normalized spacial score (nSPS) is 20.9. The van der Waals surface area contributed by atoms with Crippen LogP contribution < -0.4 is 5.32 Å². The van der Waals surface area contributed by atoms with Crippen LogP contribution in [0.15, 0.2) is 29.2 Å². The summed E-state index contributed by atoms with van der Waals surface area (Å²) >= 11 is 1.80. The Balaban J connectivity index is 1.70. The highest BCUT2D eigenvalue weighted by Gasteiger charge is 2.18. The maximum Gasteiger partial charge on any atom is 0.0205 e. The van der Waals surface area contributed by atoms with E-state index in [4.69, 9.17) is 0 Å². The molecular formula is C14H22N2S. The van der Waals surface area contributed by atoms with Crippen LogP contribution >= 0.6 is 11.8 Å². The molecule has 17 heavy (non-hydrogen) atoms. The smallest absolute Gasteiger partial charge is 0.0205 e. The van der Waals surface area contributed by atoms with Gasteiger partial charge in [-0.2, -0.15) is 0 Å². The zero-order valence-electron chi connectivity index (χ0n) is 10.8. The molecule has 0 radical (unpaired) electrons. The molecule has 1 aromatic rings. The third-order valence-corrected chi connectivity index (χ3v) is 4.15. The lowest BCUT2D eigenvalue weighted by Gasteiger charge is -2.11. The second kappa shape index (κ2) is 6.43. The molecule has 2 nitrogen and oxygen atoms in total. The van der Waals surface area contributed by atoms with E-state index in [1.165, 1.54) is 30.0 Å². The summed E-state index contributed by atoms with van der Waals surface area (Å²) in [6.45, 7) is 4.65. The topological polar surface area (TPSA) is 15.3 Å². The number of likely N-dealkylation sites (tertiary alicyclic amines) is 1. The summed E-state index contributed by atoms with van der Waals surface area (Å²) in [6, 6.07) is 8.84. The first-order valence-electron chi connectivity index (χ1n) is 6.30. The summed E-state index contributed by atoms with van der Waals surface area (Å²) in [5.74, 6) is 0.838. The molecule has 0 saturated carbocycles. The molecule has 1 aliphatic heterocycles. The van der Waals surface area contributed by atoms with Crippen molar-refractivity contribution in [2.45, 2.75) is 17.9 Å². The highest BCUT2D eigenvalue weighted by atomic mass is 32.2. The number of nitrogens with one attached hydrogen (secondary N) is 1. The Morgan fingerprint density at radius 2 is 2.12 bits per heavy atom. The molecule has 0 amide bonds. The Bertz CT molecular complexity index is 337. The molecule has 1 fully saturated rings. The van der Waals surface area contributed by atoms with E-state index in [0.29, 0.717) is 0 Å². The molecule has 1 N–H and O–H groups in total. The van der Waals surface area contributed by atoms with Gasteiger partial charge in [-0.15, -0.1) is 11.8 Å². The van der Waals surface area contributed by atoms with Gasteiger partial charge in [-0.25, -0.2) is 0 Å². The Morgan fingerprint density at radius 1 is 1.35 bits per heavy atom. The van der Waals surface area contributed by atoms with Crippen molar-refractivity contribution in [2.75, 3.05) is 32.9 Å². The number of hydrogen-bond acceptors (Lipinski definition) is 3. The van der Waals surface area contributed by atoms with E-state index in [0.717, 1.165) is 19.0 Å². The first kappa shape index (κ1) is 12.9. The Hall–Kier alpha value is -0.510. The highest BCUT2D eigenvalue weighted by Crippen LogP contribution is 2.15. The van der Waals surface area contributed by atoms with Crippen LogP contribution in [0.25, 0.3) is 0 Å². The van der Waals surface area contributed by atoms with Gasteiger partial charge in [0.1, 0.15) is 0 Å². The first-order valence-corrected chi connectivity index (χ1v) is 7.52. The van der Waals surface area contributed by atoms with Crippen molar-refractivity contribution in [3.05, 3.63) is 29.8 Å². The number of nitrogens with zero attached hydrogens (tertiary/aromatic N) is 1. The molecule has 0 spiro atoms. The van der Waals surface area contributed by atoms with E-state index < -0.39 is 0 Å². The van der Waals surface area contributed by atoms with Crippen LogP contribution in [0.5, 0.6) is 0 Å². The summed E-state index contributed by atoms with van der Waals surface area (Å²) in [4.78, 5) is 3.76. The number of hydrogen-bond donors (Lipinski definition) is 1. The third kappa shape index (κ3) is 4.02.